The number of nitro groups is 1. The number of hydrogen-bond acceptors (Lipinski definition) is 4. The van der Waals surface area contributed by atoms with E-state index in [1.165, 1.54) is 0 Å². The summed E-state index contributed by atoms with van der Waals surface area (Å²) in [7, 11) is 0. The predicted octanol–water partition coefficient (Wildman–Crippen LogP) is 2.96. The summed E-state index contributed by atoms with van der Waals surface area (Å²) in [5.74, 6) is -0.873. The maximum atomic E-state index is 12.5. The average Bonchev–Trinajstić information content (AvgIpc) is 2.15. The number of alkyl halides is 2. The molecular weight excluding hydrogens is 269 g/mol. The molecule has 0 amide bonds. The average molecular weight is 271 g/mol. The highest BCUT2D eigenvalue weighted by Crippen LogP contribution is 2.30. The first kappa shape index (κ1) is 12.7. The molecule has 0 aliphatic rings. The van der Waals surface area contributed by atoms with Gasteiger partial charge in [-0.2, -0.15) is 0 Å². The molecule has 0 fully saturated rings. The van der Waals surface area contributed by atoms with Crippen LogP contribution in [-0.4, -0.2) is 15.1 Å². The van der Waals surface area contributed by atoms with Crippen molar-refractivity contribution in [2.45, 2.75) is 6.43 Å². The number of pyridine rings is 1. The number of halogens is 4. The van der Waals surface area contributed by atoms with Gasteiger partial charge in [-0.1, -0.05) is 11.6 Å². The highest BCUT2D eigenvalue weighted by molar-refractivity contribution is 6.69. The molecule has 0 aliphatic heterocycles. The molecule has 0 saturated heterocycles. The fourth-order valence-electron chi connectivity index (χ4n) is 0.965. The topological polar surface area (TPSA) is 73.1 Å². The third kappa shape index (κ3) is 2.42. The predicted molar refractivity (Wildman–Crippen MR) is 51.0 cm³/mol. The molecule has 1 heterocycles. The highest BCUT2D eigenvalue weighted by atomic mass is 35.5. The first-order valence-electron chi connectivity index (χ1n) is 3.67. The Morgan fingerprint density at radius 2 is 2.12 bits per heavy atom. The van der Waals surface area contributed by atoms with Crippen LogP contribution in [0.3, 0.4) is 0 Å². The summed E-state index contributed by atoms with van der Waals surface area (Å²) in [5, 5.41) is 8.55. The van der Waals surface area contributed by atoms with Crippen LogP contribution < -0.4 is 0 Å². The van der Waals surface area contributed by atoms with Crippen molar-refractivity contribution in [3.8, 4) is 0 Å². The number of carbonyl (C=O) groups excluding carboxylic acids is 1. The van der Waals surface area contributed by atoms with Gasteiger partial charge in [0.2, 0.25) is 5.69 Å². The van der Waals surface area contributed by atoms with Gasteiger partial charge in [-0.25, -0.2) is 8.78 Å². The molecule has 5 nitrogen and oxygen atoms in total. The smallest absolute Gasteiger partial charge is 0.358 e. The largest absolute Gasteiger partial charge is 0.365 e. The third-order valence-corrected chi connectivity index (χ3v) is 2.06. The lowest BCUT2D eigenvalue weighted by atomic mass is 10.2. The molecule has 0 radical (unpaired) electrons. The van der Waals surface area contributed by atoms with Crippen LogP contribution in [0, 0.1) is 10.1 Å². The molecule has 0 aromatic carbocycles. The maximum Gasteiger partial charge on any atom is 0.365 e. The van der Waals surface area contributed by atoms with Crippen LogP contribution >= 0.6 is 23.2 Å². The van der Waals surface area contributed by atoms with Gasteiger partial charge in [-0.15, -0.1) is 0 Å². The van der Waals surface area contributed by atoms with Gasteiger partial charge in [0.15, 0.2) is 0 Å². The summed E-state index contributed by atoms with van der Waals surface area (Å²) < 4.78 is 24.9. The van der Waals surface area contributed by atoms with Crippen molar-refractivity contribution in [3.63, 3.8) is 0 Å². The Hall–Kier alpha value is -1.34. The summed E-state index contributed by atoms with van der Waals surface area (Å²) in [5.41, 5.74) is -1.82. The van der Waals surface area contributed by atoms with Crippen molar-refractivity contribution in [3.05, 3.63) is 32.5 Å². The molecular formula is C7H2Cl2F2N2O3. The standard InChI is InChI=1S/C7H2Cl2F2N2O3/c8-2-1-3(13(15)16)12-5(7(10)11)4(2)6(9)14/h1,7H. The second-order valence-corrected chi connectivity index (χ2v) is 3.30. The van der Waals surface area contributed by atoms with Crippen LogP contribution in [0.4, 0.5) is 14.6 Å². The zero-order chi connectivity index (χ0) is 12.5. The molecule has 1 rings (SSSR count). The van der Waals surface area contributed by atoms with E-state index in [-0.39, 0.29) is 0 Å². The fraction of sp³-hybridized carbons (Fsp3) is 0.143. The van der Waals surface area contributed by atoms with Gasteiger partial charge in [-0.05, 0) is 21.5 Å². The van der Waals surface area contributed by atoms with E-state index < -0.39 is 38.7 Å². The normalized spacial score (nSPS) is 10.6. The molecule has 1 aromatic heterocycles. The number of aromatic nitrogens is 1. The Morgan fingerprint density at radius 1 is 1.56 bits per heavy atom. The first-order valence-corrected chi connectivity index (χ1v) is 4.43. The van der Waals surface area contributed by atoms with Crippen molar-refractivity contribution < 1.29 is 18.5 Å². The van der Waals surface area contributed by atoms with E-state index in [9.17, 15) is 23.7 Å². The zero-order valence-electron chi connectivity index (χ0n) is 7.29. The van der Waals surface area contributed by atoms with Crippen molar-refractivity contribution in [2.75, 3.05) is 0 Å². The maximum absolute atomic E-state index is 12.5. The lowest BCUT2D eigenvalue weighted by Crippen LogP contribution is -2.05. The molecule has 0 unspecified atom stereocenters. The second kappa shape index (κ2) is 4.67. The molecule has 0 saturated carbocycles. The van der Waals surface area contributed by atoms with Gasteiger partial charge in [0, 0.05) is 0 Å². The molecule has 1 aromatic rings. The van der Waals surface area contributed by atoms with E-state index in [0.717, 1.165) is 0 Å². The first-order chi connectivity index (χ1) is 7.34. The second-order valence-electron chi connectivity index (χ2n) is 2.55. The zero-order valence-corrected chi connectivity index (χ0v) is 8.80. The minimum atomic E-state index is -3.19. The summed E-state index contributed by atoms with van der Waals surface area (Å²) >= 11 is 10.5. The van der Waals surface area contributed by atoms with Crippen molar-refractivity contribution in [2.24, 2.45) is 0 Å². The lowest BCUT2D eigenvalue weighted by Gasteiger charge is -2.02. The number of carbonyl (C=O) groups is 1. The summed E-state index contributed by atoms with van der Waals surface area (Å²) in [6.45, 7) is 0. The van der Waals surface area contributed by atoms with Gasteiger partial charge in [-0.3, -0.25) is 4.79 Å². The van der Waals surface area contributed by atoms with Gasteiger partial charge < -0.3 is 10.1 Å². The molecule has 86 valence electrons. The lowest BCUT2D eigenvalue weighted by molar-refractivity contribution is -0.389. The molecule has 0 spiro atoms. The summed E-state index contributed by atoms with van der Waals surface area (Å²) in [6, 6.07) is 0.684. The van der Waals surface area contributed by atoms with Crippen LogP contribution in [0.2, 0.25) is 5.02 Å². The van der Waals surface area contributed by atoms with E-state index in [0.29, 0.717) is 6.07 Å². The van der Waals surface area contributed by atoms with Gasteiger partial charge in [0.1, 0.15) is 5.56 Å². The Morgan fingerprint density at radius 3 is 2.50 bits per heavy atom. The summed E-state index contributed by atoms with van der Waals surface area (Å²) in [4.78, 5) is 23.2. The number of rotatable bonds is 3. The van der Waals surface area contributed by atoms with Crippen LogP contribution in [0.1, 0.15) is 22.5 Å². The van der Waals surface area contributed by atoms with Crippen LogP contribution in [0.15, 0.2) is 6.07 Å². The fourth-order valence-corrected chi connectivity index (χ4v) is 1.49. The van der Waals surface area contributed by atoms with E-state index in [1.54, 1.807) is 0 Å². The Kier molecular flexibility index (Phi) is 3.71. The molecule has 0 bridgehead atoms. The molecule has 0 aliphatic carbocycles. The number of nitrogens with zero attached hydrogens (tertiary/aromatic N) is 2. The summed E-state index contributed by atoms with van der Waals surface area (Å²) in [6.07, 6.45) is -3.19. The third-order valence-electron chi connectivity index (χ3n) is 1.58. The highest BCUT2D eigenvalue weighted by Gasteiger charge is 2.29. The molecule has 0 N–H and O–H groups in total. The van der Waals surface area contributed by atoms with E-state index in [2.05, 4.69) is 4.98 Å². The SMILES string of the molecule is O=C(Cl)c1c(Cl)cc([N+](=O)[O-])nc1C(F)F. The monoisotopic (exact) mass is 270 g/mol. The minimum Gasteiger partial charge on any atom is -0.358 e. The molecule has 0 atom stereocenters. The number of hydrogen-bond donors (Lipinski definition) is 0. The molecule has 9 heteroatoms. The van der Waals surface area contributed by atoms with E-state index in [4.69, 9.17) is 23.2 Å². The van der Waals surface area contributed by atoms with Crippen molar-refractivity contribution >= 4 is 34.3 Å². The van der Waals surface area contributed by atoms with Crippen molar-refractivity contribution in [1.29, 1.82) is 0 Å². The van der Waals surface area contributed by atoms with Crippen LogP contribution in [-0.2, 0) is 0 Å². The Balaban J connectivity index is 3.51. The van der Waals surface area contributed by atoms with Crippen LogP contribution in [0.5, 0.6) is 0 Å². The van der Waals surface area contributed by atoms with Gasteiger partial charge in [0.05, 0.1) is 11.1 Å². The minimum absolute atomic E-state index is 0.531. The van der Waals surface area contributed by atoms with Gasteiger partial charge in [0.25, 0.3) is 5.24 Å². The quantitative estimate of drug-likeness (QED) is 0.481. The van der Waals surface area contributed by atoms with E-state index in [1.807, 2.05) is 0 Å². The van der Waals surface area contributed by atoms with E-state index >= 15 is 0 Å². The van der Waals surface area contributed by atoms with Crippen LogP contribution in [0.25, 0.3) is 0 Å². The molecule has 16 heavy (non-hydrogen) atoms. The Bertz CT molecular complexity index is 467. The van der Waals surface area contributed by atoms with Crippen molar-refractivity contribution in [1.82, 2.24) is 4.98 Å². The van der Waals surface area contributed by atoms with Gasteiger partial charge >= 0.3 is 12.2 Å². The Labute approximate surface area is 97.1 Å².